The topological polar surface area (TPSA) is 50.7 Å². The predicted octanol–water partition coefficient (Wildman–Crippen LogP) is 1.57. The Hall–Kier alpha value is -0.160. The molecule has 0 aromatic carbocycles. The molecule has 112 valence electrons. The number of nitrogens with one attached hydrogen (secondary N) is 1. The van der Waals surface area contributed by atoms with E-state index in [1.807, 2.05) is 0 Å². The fraction of sp³-hybridized carbons (Fsp3) is 1.00. The summed E-state index contributed by atoms with van der Waals surface area (Å²) < 4.78 is 11.3. The summed E-state index contributed by atoms with van der Waals surface area (Å²) in [6.07, 6.45) is 5.75. The Morgan fingerprint density at radius 2 is 2.00 bits per heavy atom. The van der Waals surface area contributed by atoms with Crippen LogP contribution >= 0.6 is 0 Å². The van der Waals surface area contributed by atoms with Crippen molar-refractivity contribution in [3.8, 4) is 0 Å². The lowest BCUT2D eigenvalue weighted by molar-refractivity contribution is -0.0154. The summed E-state index contributed by atoms with van der Waals surface area (Å²) in [5.74, 6) is 1.23. The van der Waals surface area contributed by atoms with Crippen LogP contribution in [0.25, 0.3) is 0 Å². The third kappa shape index (κ3) is 4.42. The van der Waals surface area contributed by atoms with Gasteiger partial charge in [-0.05, 0) is 50.5 Å². The largest absolute Gasteiger partial charge is 0.394 e. The van der Waals surface area contributed by atoms with Gasteiger partial charge in [0.1, 0.15) is 0 Å². The van der Waals surface area contributed by atoms with Crippen molar-refractivity contribution < 1.29 is 14.6 Å². The Kier molecular flexibility index (Phi) is 6.07. The van der Waals surface area contributed by atoms with Crippen LogP contribution in [0, 0.1) is 11.8 Å². The van der Waals surface area contributed by atoms with Gasteiger partial charge in [-0.2, -0.15) is 0 Å². The van der Waals surface area contributed by atoms with Crippen LogP contribution in [0.3, 0.4) is 0 Å². The molecule has 4 nitrogen and oxygen atoms in total. The van der Waals surface area contributed by atoms with Crippen LogP contribution in [0.2, 0.25) is 0 Å². The van der Waals surface area contributed by atoms with Crippen molar-refractivity contribution in [2.75, 3.05) is 39.6 Å². The molecule has 0 aromatic heterocycles. The highest BCUT2D eigenvalue weighted by Gasteiger charge is 2.44. The molecule has 0 spiro atoms. The molecule has 1 atom stereocenters. The second-order valence-corrected chi connectivity index (χ2v) is 6.09. The Bertz CT molecular complexity index is 252. The van der Waals surface area contributed by atoms with Gasteiger partial charge in [-0.25, -0.2) is 0 Å². The van der Waals surface area contributed by atoms with Gasteiger partial charge in [0.25, 0.3) is 0 Å². The fourth-order valence-corrected chi connectivity index (χ4v) is 2.87. The molecule has 1 unspecified atom stereocenters. The molecule has 0 bridgehead atoms. The first-order valence-electron chi connectivity index (χ1n) is 7.82. The number of rotatable bonds is 9. The van der Waals surface area contributed by atoms with E-state index in [1.165, 1.54) is 12.8 Å². The third-order valence-electron chi connectivity index (χ3n) is 4.42. The van der Waals surface area contributed by atoms with Gasteiger partial charge in [-0.15, -0.1) is 0 Å². The predicted molar refractivity (Wildman–Crippen MR) is 75.2 cm³/mol. The molecule has 4 heteroatoms. The van der Waals surface area contributed by atoms with Crippen LogP contribution in [0.4, 0.5) is 0 Å². The average molecular weight is 271 g/mol. The maximum atomic E-state index is 9.79. The summed E-state index contributed by atoms with van der Waals surface area (Å²) in [5.41, 5.74) is -0.193. The van der Waals surface area contributed by atoms with Crippen molar-refractivity contribution in [3.05, 3.63) is 0 Å². The Balaban J connectivity index is 1.75. The molecule has 1 aliphatic carbocycles. The normalized spacial score (nSPS) is 24.3. The number of hydrogen-bond donors (Lipinski definition) is 2. The standard InChI is InChI=1S/C15H29NO3/c1-2-7-16-15(11-17,14-3-4-14)12-19-10-13-5-8-18-9-6-13/h13-14,16-17H,2-12H2,1H3. The fourth-order valence-electron chi connectivity index (χ4n) is 2.87. The third-order valence-corrected chi connectivity index (χ3v) is 4.42. The molecule has 1 heterocycles. The molecular weight excluding hydrogens is 242 g/mol. The van der Waals surface area contributed by atoms with Gasteiger partial charge in [-0.1, -0.05) is 6.92 Å². The molecule has 0 amide bonds. The lowest BCUT2D eigenvalue weighted by Gasteiger charge is -2.34. The SMILES string of the molecule is CCCNC(CO)(COCC1CCOCC1)C1CC1. The number of ether oxygens (including phenoxy) is 2. The molecule has 1 saturated carbocycles. The molecule has 0 aromatic rings. The van der Waals surface area contributed by atoms with Crippen LogP contribution < -0.4 is 5.32 Å². The molecule has 2 N–H and O–H groups in total. The highest BCUT2D eigenvalue weighted by Crippen LogP contribution is 2.40. The molecule has 0 radical (unpaired) electrons. The van der Waals surface area contributed by atoms with Gasteiger partial charge in [0.15, 0.2) is 0 Å². The minimum atomic E-state index is -0.193. The lowest BCUT2D eigenvalue weighted by Crippen LogP contribution is -2.54. The van der Waals surface area contributed by atoms with E-state index in [1.54, 1.807) is 0 Å². The smallest absolute Gasteiger partial charge is 0.0679 e. The molecule has 2 rings (SSSR count). The minimum Gasteiger partial charge on any atom is -0.394 e. The van der Waals surface area contributed by atoms with E-state index in [4.69, 9.17) is 9.47 Å². The van der Waals surface area contributed by atoms with E-state index in [-0.39, 0.29) is 12.1 Å². The zero-order chi connectivity index (χ0) is 13.6. The van der Waals surface area contributed by atoms with E-state index in [0.717, 1.165) is 45.6 Å². The van der Waals surface area contributed by atoms with Crippen LogP contribution in [0.15, 0.2) is 0 Å². The van der Waals surface area contributed by atoms with Gasteiger partial charge in [0.2, 0.25) is 0 Å². The second kappa shape index (κ2) is 7.58. The van der Waals surface area contributed by atoms with E-state index in [0.29, 0.717) is 18.4 Å². The Morgan fingerprint density at radius 3 is 2.58 bits per heavy atom. The number of aliphatic hydroxyl groups excluding tert-OH is 1. The lowest BCUT2D eigenvalue weighted by atomic mass is 9.94. The summed E-state index contributed by atoms with van der Waals surface area (Å²) in [7, 11) is 0. The van der Waals surface area contributed by atoms with Crippen molar-refractivity contribution in [2.24, 2.45) is 11.8 Å². The van der Waals surface area contributed by atoms with E-state index >= 15 is 0 Å². The first kappa shape index (κ1) is 15.2. The number of aliphatic hydroxyl groups is 1. The first-order valence-corrected chi connectivity index (χ1v) is 7.82. The molecule has 2 fully saturated rings. The van der Waals surface area contributed by atoms with Crippen LogP contribution in [0.5, 0.6) is 0 Å². The van der Waals surface area contributed by atoms with Crippen molar-refractivity contribution >= 4 is 0 Å². The van der Waals surface area contributed by atoms with Crippen LogP contribution in [0.1, 0.15) is 39.0 Å². The Morgan fingerprint density at radius 1 is 1.26 bits per heavy atom. The first-order chi connectivity index (χ1) is 9.30. The Labute approximate surface area is 116 Å². The van der Waals surface area contributed by atoms with Gasteiger partial charge in [0.05, 0.1) is 18.8 Å². The van der Waals surface area contributed by atoms with Crippen molar-refractivity contribution in [3.63, 3.8) is 0 Å². The summed E-state index contributed by atoms with van der Waals surface area (Å²) in [6.45, 7) is 6.50. The molecule has 1 aliphatic heterocycles. The van der Waals surface area contributed by atoms with Crippen molar-refractivity contribution in [2.45, 2.75) is 44.6 Å². The summed E-state index contributed by atoms with van der Waals surface area (Å²) in [5, 5.41) is 13.3. The van der Waals surface area contributed by atoms with E-state index in [2.05, 4.69) is 12.2 Å². The highest BCUT2D eigenvalue weighted by atomic mass is 16.5. The van der Waals surface area contributed by atoms with E-state index in [9.17, 15) is 5.11 Å². The number of hydrogen-bond acceptors (Lipinski definition) is 4. The van der Waals surface area contributed by atoms with Gasteiger partial charge >= 0.3 is 0 Å². The van der Waals surface area contributed by atoms with Crippen LogP contribution in [-0.4, -0.2) is 50.2 Å². The quantitative estimate of drug-likeness (QED) is 0.668. The van der Waals surface area contributed by atoms with E-state index < -0.39 is 0 Å². The molecule has 2 aliphatic rings. The molecule has 19 heavy (non-hydrogen) atoms. The van der Waals surface area contributed by atoms with Gasteiger partial charge in [-0.3, -0.25) is 0 Å². The molecular formula is C15H29NO3. The van der Waals surface area contributed by atoms with Gasteiger partial charge < -0.3 is 19.9 Å². The zero-order valence-electron chi connectivity index (χ0n) is 12.2. The summed E-state index contributed by atoms with van der Waals surface area (Å²) >= 11 is 0. The monoisotopic (exact) mass is 271 g/mol. The van der Waals surface area contributed by atoms with Crippen molar-refractivity contribution in [1.29, 1.82) is 0 Å². The zero-order valence-corrected chi connectivity index (χ0v) is 12.2. The second-order valence-electron chi connectivity index (χ2n) is 6.09. The summed E-state index contributed by atoms with van der Waals surface area (Å²) in [6, 6.07) is 0. The maximum absolute atomic E-state index is 9.79. The van der Waals surface area contributed by atoms with Gasteiger partial charge in [0, 0.05) is 19.8 Å². The maximum Gasteiger partial charge on any atom is 0.0679 e. The summed E-state index contributed by atoms with van der Waals surface area (Å²) in [4.78, 5) is 0. The van der Waals surface area contributed by atoms with Crippen molar-refractivity contribution in [1.82, 2.24) is 5.32 Å². The minimum absolute atomic E-state index is 0.186. The van der Waals surface area contributed by atoms with Crippen LogP contribution in [-0.2, 0) is 9.47 Å². The highest BCUT2D eigenvalue weighted by molar-refractivity contribution is 5.01. The molecule has 1 saturated heterocycles. The average Bonchev–Trinajstić information content (AvgIpc) is 3.29.